The normalized spacial score (nSPS) is 17.1. The van der Waals surface area contributed by atoms with Crippen molar-refractivity contribution in [3.63, 3.8) is 0 Å². The summed E-state index contributed by atoms with van der Waals surface area (Å²) in [6, 6.07) is 17.4. The first-order valence-electron chi connectivity index (χ1n) is 13.3. The maximum atomic E-state index is 14.0. The molecule has 6 nitrogen and oxygen atoms in total. The fraction of sp³-hybridized carbons (Fsp3) is 0.258. The molecule has 2 aromatic heterocycles. The van der Waals surface area contributed by atoms with Crippen molar-refractivity contribution in [3.8, 4) is 5.69 Å². The van der Waals surface area contributed by atoms with Crippen molar-refractivity contribution < 1.29 is 18.0 Å². The highest BCUT2D eigenvalue weighted by Crippen LogP contribution is 2.45. The summed E-state index contributed by atoms with van der Waals surface area (Å²) >= 11 is 12.4. The lowest BCUT2D eigenvalue weighted by molar-refractivity contribution is -0.137. The fourth-order valence-electron chi connectivity index (χ4n) is 5.35. The molecule has 1 fully saturated rings. The van der Waals surface area contributed by atoms with Crippen LogP contribution >= 0.6 is 23.8 Å². The monoisotopic (exact) mass is 611 g/mol. The second-order valence-corrected chi connectivity index (χ2v) is 11.3. The lowest BCUT2D eigenvalue weighted by Crippen LogP contribution is -2.29. The minimum absolute atomic E-state index is 0.0500. The van der Waals surface area contributed by atoms with Gasteiger partial charge >= 0.3 is 6.18 Å². The first kappa shape index (κ1) is 29.6. The first-order valence-corrected chi connectivity index (χ1v) is 14.1. The molecule has 5 rings (SSSR count). The molecule has 11 heteroatoms. The minimum Gasteiger partial charge on any atom is -0.351 e. The van der Waals surface area contributed by atoms with Gasteiger partial charge in [-0.2, -0.15) is 13.2 Å². The molecular weight excluding hydrogens is 583 g/mol. The number of carbonyl (C=O) groups is 1. The van der Waals surface area contributed by atoms with E-state index in [1.807, 2.05) is 42.2 Å². The van der Waals surface area contributed by atoms with Gasteiger partial charge in [0.1, 0.15) is 0 Å². The van der Waals surface area contributed by atoms with Crippen LogP contribution in [0.4, 0.5) is 24.5 Å². The number of nitrogens with one attached hydrogen (secondary N) is 2. The van der Waals surface area contributed by atoms with Gasteiger partial charge in [-0.25, -0.2) is 0 Å². The van der Waals surface area contributed by atoms with Gasteiger partial charge < -0.3 is 20.1 Å². The van der Waals surface area contributed by atoms with Crippen LogP contribution in [0.15, 0.2) is 72.9 Å². The molecule has 1 aliphatic heterocycles. The highest BCUT2D eigenvalue weighted by atomic mass is 35.5. The minimum atomic E-state index is -4.53. The highest BCUT2D eigenvalue weighted by molar-refractivity contribution is 7.80. The Hall–Kier alpha value is -3.89. The maximum Gasteiger partial charge on any atom is 0.418 e. The van der Waals surface area contributed by atoms with Crippen LogP contribution in [0.1, 0.15) is 54.1 Å². The summed E-state index contributed by atoms with van der Waals surface area (Å²) in [5, 5.41) is 6.94. The molecule has 2 N–H and O–H groups in total. The summed E-state index contributed by atoms with van der Waals surface area (Å²) in [6.07, 6.45) is -2.84. The first-order chi connectivity index (χ1) is 19.9. The SMILES string of the molecule is Cc1cc([C@H]2[C@H](c3ccccn3)NC(=S)N2c2ccc(NC(=O)C(C)C)c(Cl)c2)c(C)n1-c1ccccc1C(F)(F)F. The molecule has 0 unspecified atom stereocenters. The molecule has 0 saturated carbocycles. The van der Waals surface area contributed by atoms with Gasteiger partial charge in [0.15, 0.2) is 5.11 Å². The molecule has 0 radical (unpaired) electrons. The Bertz CT molecular complexity index is 1650. The molecule has 4 aromatic rings. The third-order valence-electron chi connectivity index (χ3n) is 7.35. The second kappa shape index (κ2) is 11.4. The van der Waals surface area contributed by atoms with E-state index in [0.717, 1.165) is 17.3 Å². The van der Waals surface area contributed by atoms with E-state index in [9.17, 15) is 18.0 Å². The van der Waals surface area contributed by atoms with Gasteiger partial charge in [-0.05, 0) is 80.2 Å². The number of aromatic nitrogens is 2. The number of rotatable bonds is 6. The summed E-state index contributed by atoms with van der Waals surface area (Å²) in [7, 11) is 0. The van der Waals surface area contributed by atoms with Crippen LogP contribution < -0.4 is 15.5 Å². The van der Waals surface area contributed by atoms with Crippen LogP contribution in [0.5, 0.6) is 0 Å². The topological polar surface area (TPSA) is 62.2 Å². The van der Waals surface area contributed by atoms with Crippen LogP contribution in [-0.2, 0) is 11.0 Å². The van der Waals surface area contributed by atoms with Crippen molar-refractivity contribution in [3.05, 3.63) is 106 Å². The van der Waals surface area contributed by atoms with Crippen molar-refractivity contribution in [1.29, 1.82) is 0 Å². The Morgan fingerprint density at radius 3 is 2.43 bits per heavy atom. The van der Waals surface area contributed by atoms with Gasteiger partial charge in [0.25, 0.3) is 0 Å². The highest BCUT2D eigenvalue weighted by Gasteiger charge is 2.43. The quantitative estimate of drug-likeness (QED) is 0.217. The molecular formula is C31H29ClF3N5OS. The van der Waals surface area contributed by atoms with Gasteiger partial charge in [0.2, 0.25) is 5.91 Å². The largest absolute Gasteiger partial charge is 0.418 e. The fourth-order valence-corrected chi connectivity index (χ4v) is 5.92. The molecule has 0 aliphatic carbocycles. The van der Waals surface area contributed by atoms with Crippen molar-refractivity contribution in [2.24, 2.45) is 5.92 Å². The summed E-state index contributed by atoms with van der Waals surface area (Å²) < 4.78 is 43.7. The van der Waals surface area contributed by atoms with E-state index in [1.54, 1.807) is 49.7 Å². The molecule has 2 aromatic carbocycles. The number of hydrogen-bond donors (Lipinski definition) is 2. The number of thiocarbonyl (C=S) groups is 1. The van der Waals surface area contributed by atoms with Gasteiger partial charge in [0.05, 0.1) is 39.7 Å². The van der Waals surface area contributed by atoms with E-state index < -0.39 is 23.8 Å². The van der Waals surface area contributed by atoms with Crippen LogP contribution in [0.3, 0.4) is 0 Å². The number of alkyl halides is 3. The van der Waals surface area contributed by atoms with Crippen molar-refractivity contribution in [2.75, 3.05) is 10.2 Å². The number of para-hydroxylation sites is 1. The Balaban J connectivity index is 1.65. The summed E-state index contributed by atoms with van der Waals surface area (Å²) in [4.78, 5) is 18.7. The summed E-state index contributed by atoms with van der Waals surface area (Å²) in [5.74, 6) is -0.389. The number of halogens is 4. The Morgan fingerprint density at radius 1 is 1.07 bits per heavy atom. The second-order valence-electron chi connectivity index (χ2n) is 10.5. The summed E-state index contributed by atoms with van der Waals surface area (Å²) in [5.41, 5.74) is 3.23. The van der Waals surface area contributed by atoms with Crippen molar-refractivity contribution in [2.45, 2.75) is 46.0 Å². The average Bonchev–Trinajstić information content (AvgIpc) is 3.44. The predicted molar refractivity (Wildman–Crippen MR) is 163 cm³/mol. The van der Waals surface area contributed by atoms with E-state index >= 15 is 0 Å². The predicted octanol–water partition coefficient (Wildman–Crippen LogP) is 7.93. The van der Waals surface area contributed by atoms with Gasteiger partial charge in [0, 0.05) is 29.2 Å². The van der Waals surface area contributed by atoms with Crippen LogP contribution in [0, 0.1) is 19.8 Å². The number of aryl methyl sites for hydroxylation is 1. The maximum absolute atomic E-state index is 14.0. The third-order valence-corrected chi connectivity index (χ3v) is 7.98. The molecule has 2 atom stereocenters. The number of nitrogens with zero attached hydrogens (tertiary/aromatic N) is 3. The number of pyridine rings is 1. The smallest absolute Gasteiger partial charge is 0.351 e. The Labute approximate surface area is 252 Å². The number of carbonyl (C=O) groups excluding carboxylic acids is 1. The van der Waals surface area contributed by atoms with E-state index in [4.69, 9.17) is 23.8 Å². The van der Waals surface area contributed by atoms with Crippen LogP contribution in [0.25, 0.3) is 5.69 Å². The Kier molecular flexibility index (Phi) is 8.04. The van der Waals surface area contributed by atoms with Crippen molar-refractivity contribution >= 4 is 46.2 Å². The number of anilines is 2. The zero-order valence-electron chi connectivity index (χ0n) is 23.3. The van der Waals surface area contributed by atoms with E-state index in [2.05, 4.69) is 15.6 Å². The van der Waals surface area contributed by atoms with Crippen LogP contribution in [-0.4, -0.2) is 20.6 Å². The summed E-state index contributed by atoms with van der Waals surface area (Å²) in [6.45, 7) is 7.17. The van der Waals surface area contributed by atoms with Crippen molar-refractivity contribution in [1.82, 2.24) is 14.9 Å². The zero-order chi connectivity index (χ0) is 30.3. The van der Waals surface area contributed by atoms with Crippen LogP contribution in [0.2, 0.25) is 5.02 Å². The zero-order valence-corrected chi connectivity index (χ0v) is 24.9. The molecule has 1 saturated heterocycles. The average molecular weight is 612 g/mol. The Morgan fingerprint density at radius 2 is 1.79 bits per heavy atom. The van der Waals surface area contributed by atoms with E-state index in [0.29, 0.717) is 32.9 Å². The van der Waals surface area contributed by atoms with Gasteiger partial charge in [-0.1, -0.05) is 43.6 Å². The standard InChI is InChI=1S/C31H29ClF3N5OS/c1-17(2)29(41)37-24-13-12-20(16-23(24)32)40-28(27(38-30(40)42)25-10-7-8-14-36-25)21-15-18(3)39(19(21)4)26-11-6-5-9-22(26)31(33,34)35/h5-17,27-28H,1-4H3,(H,37,41)(H,38,42)/t27-,28-/m0/s1. The lowest BCUT2D eigenvalue weighted by atomic mass is 9.96. The molecule has 0 bridgehead atoms. The molecule has 3 heterocycles. The number of amides is 1. The molecule has 0 spiro atoms. The third kappa shape index (κ3) is 5.48. The molecule has 1 aliphatic rings. The van der Waals surface area contributed by atoms with E-state index in [1.165, 1.54) is 12.1 Å². The molecule has 1 amide bonds. The van der Waals surface area contributed by atoms with Gasteiger partial charge in [-0.15, -0.1) is 0 Å². The molecule has 218 valence electrons. The van der Waals surface area contributed by atoms with Gasteiger partial charge in [-0.3, -0.25) is 9.78 Å². The van der Waals surface area contributed by atoms with E-state index in [-0.39, 0.29) is 17.5 Å². The number of hydrogen-bond acceptors (Lipinski definition) is 3. The lowest BCUT2D eigenvalue weighted by Gasteiger charge is -2.29. The number of benzene rings is 2. The molecule has 42 heavy (non-hydrogen) atoms.